The number of aryl methyl sites for hydroxylation is 1. The van der Waals surface area contributed by atoms with Crippen molar-refractivity contribution in [1.29, 1.82) is 0 Å². The van der Waals surface area contributed by atoms with Crippen molar-refractivity contribution in [3.8, 4) is 0 Å². The molecule has 2 amide bonds. The third-order valence-electron chi connectivity index (χ3n) is 3.50. The van der Waals surface area contributed by atoms with Crippen LogP contribution in [0.3, 0.4) is 0 Å². The van der Waals surface area contributed by atoms with Gasteiger partial charge in [0, 0.05) is 11.4 Å². The van der Waals surface area contributed by atoms with Gasteiger partial charge in [-0.3, -0.25) is 9.59 Å². The molecule has 0 unspecified atom stereocenters. The number of halogens is 1. The molecular formula is C18H19FN2O4S. The minimum atomic E-state index is -3.95. The van der Waals surface area contributed by atoms with Gasteiger partial charge in [0.15, 0.2) is 9.84 Å². The minimum Gasteiger partial charge on any atom is -0.325 e. The lowest BCUT2D eigenvalue weighted by Crippen LogP contribution is -2.30. The van der Waals surface area contributed by atoms with Crippen molar-refractivity contribution in [3.05, 3.63) is 59.9 Å². The summed E-state index contributed by atoms with van der Waals surface area (Å²) in [4.78, 5) is 23.8. The summed E-state index contributed by atoms with van der Waals surface area (Å²) in [7, 11) is -3.95. The van der Waals surface area contributed by atoms with E-state index < -0.39 is 39.0 Å². The molecule has 26 heavy (non-hydrogen) atoms. The number of benzene rings is 2. The number of amides is 2. The maximum Gasteiger partial charge on any atom is 0.239 e. The number of sulfone groups is 1. The number of para-hydroxylation sites is 1. The fraction of sp³-hybridized carbons (Fsp3) is 0.222. The highest BCUT2D eigenvalue weighted by Crippen LogP contribution is 2.15. The summed E-state index contributed by atoms with van der Waals surface area (Å²) in [6, 6.07) is 12.0. The van der Waals surface area contributed by atoms with Gasteiger partial charge in [-0.2, -0.15) is 0 Å². The van der Waals surface area contributed by atoms with Gasteiger partial charge in [-0.05, 0) is 42.3 Å². The monoisotopic (exact) mass is 378 g/mol. The second kappa shape index (κ2) is 8.57. The normalized spacial score (nSPS) is 11.0. The quantitative estimate of drug-likeness (QED) is 0.774. The van der Waals surface area contributed by atoms with E-state index in [0.717, 1.165) is 17.7 Å². The lowest BCUT2D eigenvalue weighted by atomic mass is 10.1. The molecule has 2 N–H and O–H groups in total. The maximum absolute atomic E-state index is 12.8. The molecule has 0 heterocycles. The number of carbonyl (C=O) groups excluding carboxylic acids is 2. The Kier molecular flexibility index (Phi) is 6.46. The zero-order valence-corrected chi connectivity index (χ0v) is 15.0. The van der Waals surface area contributed by atoms with E-state index in [-0.39, 0.29) is 5.69 Å². The Morgan fingerprint density at radius 3 is 2.12 bits per heavy atom. The van der Waals surface area contributed by atoms with Crippen LogP contribution in [0, 0.1) is 5.82 Å². The Bertz CT molecular complexity index is 896. The van der Waals surface area contributed by atoms with Crippen LogP contribution in [0.25, 0.3) is 0 Å². The molecule has 2 rings (SSSR count). The third-order valence-corrected chi connectivity index (χ3v) is 4.91. The lowest BCUT2D eigenvalue weighted by molar-refractivity contribution is -0.114. The van der Waals surface area contributed by atoms with Crippen LogP contribution < -0.4 is 10.6 Å². The van der Waals surface area contributed by atoms with Crippen LogP contribution in [0.4, 0.5) is 15.8 Å². The first-order valence-electron chi connectivity index (χ1n) is 7.92. The summed E-state index contributed by atoms with van der Waals surface area (Å²) >= 11 is 0. The van der Waals surface area contributed by atoms with E-state index in [1.165, 1.54) is 12.1 Å². The van der Waals surface area contributed by atoms with Crippen LogP contribution in [0.1, 0.15) is 12.5 Å². The molecule has 2 aromatic carbocycles. The standard InChI is InChI=1S/C18H19FN2O4S/c1-2-13-5-3-4-6-16(13)21-18(23)12-26(24,25)11-17(22)20-15-9-7-14(19)8-10-15/h3-10H,2,11-12H2,1H3,(H,20,22)(H,21,23). The first-order chi connectivity index (χ1) is 12.3. The molecule has 0 aliphatic carbocycles. The van der Waals surface area contributed by atoms with Crippen LogP contribution in [0.15, 0.2) is 48.5 Å². The first-order valence-corrected chi connectivity index (χ1v) is 9.75. The van der Waals surface area contributed by atoms with Crippen molar-refractivity contribution in [2.75, 3.05) is 22.1 Å². The van der Waals surface area contributed by atoms with Gasteiger partial charge in [0.05, 0.1) is 0 Å². The average Bonchev–Trinajstić information content (AvgIpc) is 2.56. The van der Waals surface area contributed by atoms with E-state index in [1.807, 2.05) is 19.1 Å². The second-order valence-corrected chi connectivity index (χ2v) is 7.71. The molecule has 8 heteroatoms. The molecule has 0 aliphatic rings. The van der Waals surface area contributed by atoms with Crippen LogP contribution >= 0.6 is 0 Å². The Balaban J connectivity index is 1.93. The van der Waals surface area contributed by atoms with Crippen LogP contribution in [-0.2, 0) is 25.8 Å². The number of hydrogen-bond acceptors (Lipinski definition) is 4. The zero-order chi connectivity index (χ0) is 19.2. The average molecular weight is 378 g/mol. The van der Waals surface area contributed by atoms with Gasteiger partial charge in [0.2, 0.25) is 11.8 Å². The molecule has 0 atom stereocenters. The summed E-state index contributed by atoms with van der Waals surface area (Å²) in [6.07, 6.45) is 0.684. The van der Waals surface area contributed by atoms with Crippen molar-refractivity contribution in [2.45, 2.75) is 13.3 Å². The molecule has 0 saturated carbocycles. The molecular weight excluding hydrogens is 359 g/mol. The summed E-state index contributed by atoms with van der Waals surface area (Å²) in [5, 5.41) is 4.91. The Morgan fingerprint density at radius 2 is 1.50 bits per heavy atom. The summed E-state index contributed by atoms with van der Waals surface area (Å²) in [6.45, 7) is 1.92. The fourth-order valence-corrected chi connectivity index (χ4v) is 3.36. The predicted molar refractivity (Wildman–Crippen MR) is 98.1 cm³/mol. The van der Waals surface area contributed by atoms with Crippen LogP contribution in [0.2, 0.25) is 0 Å². The van der Waals surface area contributed by atoms with Crippen molar-refractivity contribution in [1.82, 2.24) is 0 Å². The summed E-state index contributed by atoms with van der Waals surface area (Å²) in [5.74, 6) is -3.62. The largest absolute Gasteiger partial charge is 0.325 e. The van der Waals surface area contributed by atoms with E-state index in [4.69, 9.17) is 0 Å². The molecule has 0 radical (unpaired) electrons. The SMILES string of the molecule is CCc1ccccc1NC(=O)CS(=O)(=O)CC(=O)Nc1ccc(F)cc1. The summed E-state index contributed by atoms with van der Waals surface area (Å²) < 4.78 is 36.9. The smallest absolute Gasteiger partial charge is 0.239 e. The van der Waals surface area contributed by atoms with Crippen molar-refractivity contribution < 1.29 is 22.4 Å². The van der Waals surface area contributed by atoms with E-state index in [0.29, 0.717) is 12.1 Å². The Hall–Kier alpha value is -2.74. The van der Waals surface area contributed by atoms with Crippen LogP contribution in [-0.4, -0.2) is 31.7 Å². The van der Waals surface area contributed by atoms with Gasteiger partial charge in [-0.25, -0.2) is 12.8 Å². The second-order valence-electron chi connectivity index (χ2n) is 5.65. The zero-order valence-electron chi connectivity index (χ0n) is 14.2. The Labute approximate surface area is 151 Å². The number of hydrogen-bond donors (Lipinski definition) is 2. The van der Waals surface area contributed by atoms with Crippen molar-refractivity contribution in [3.63, 3.8) is 0 Å². The van der Waals surface area contributed by atoms with Gasteiger partial charge in [0.1, 0.15) is 17.3 Å². The molecule has 0 saturated heterocycles. The molecule has 138 valence electrons. The first kappa shape index (κ1) is 19.6. The molecule has 0 aliphatic heterocycles. The third kappa shape index (κ3) is 5.96. The predicted octanol–water partition coefficient (Wildman–Crippen LogP) is 2.38. The van der Waals surface area contributed by atoms with Gasteiger partial charge in [0.25, 0.3) is 0 Å². The lowest BCUT2D eigenvalue weighted by Gasteiger charge is -2.10. The number of rotatable bonds is 7. The highest BCUT2D eigenvalue weighted by Gasteiger charge is 2.21. The minimum absolute atomic E-state index is 0.271. The molecule has 2 aromatic rings. The molecule has 0 fully saturated rings. The highest BCUT2D eigenvalue weighted by molar-refractivity contribution is 7.92. The van der Waals surface area contributed by atoms with Gasteiger partial charge in [-0.15, -0.1) is 0 Å². The van der Waals surface area contributed by atoms with Gasteiger partial charge >= 0.3 is 0 Å². The Morgan fingerprint density at radius 1 is 0.923 bits per heavy atom. The highest BCUT2D eigenvalue weighted by atomic mass is 32.2. The van der Waals surface area contributed by atoms with Crippen LogP contribution in [0.5, 0.6) is 0 Å². The van der Waals surface area contributed by atoms with Crippen molar-refractivity contribution >= 4 is 33.0 Å². The topological polar surface area (TPSA) is 92.3 Å². The molecule has 0 spiro atoms. The number of carbonyl (C=O) groups is 2. The number of anilines is 2. The maximum atomic E-state index is 12.8. The molecule has 6 nitrogen and oxygen atoms in total. The van der Waals surface area contributed by atoms with E-state index in [1.54, 1.807) is 12.1 Å². The van der Waals surface area contributed by atoms with Gasteiger partial charge in [-0.1, -0.05) is 25.1 Å². The van der Waals surface area contributed by atoms with Crippen molar-refractivity contribution in [2.24, 2.45) is 0 Å². The number of nitrogens with one attached hydrogen (secondary N) is 2. The van der Waals surface area contributed by atoms with Gasteiger partial charge < -0.3 is 10.6 Å². The summed E-state index contributed by atoms with van der Waals surface area (Å²) in [5.41, 5.74) is 1.70. The van der Waals surface area contributed by atoms with E-state index in [2.05, 4.69) is 10.6 Å². The fourth-order valence-electron chi connectivity index (χ4n) is 2.32. The van der Waals surface area contributed by atoms with E-state index in [9.17, 15) is 22.4 Å². The molecule has 0 bridgehead atoms. The molecule has 0 aromatic heterocycles. The van der Waals surface area contributed by atoms with E-state index >= 15 is 0 Å².